The Morgan fingerprint density at radius 3 is 2.66 bits per heavy atom. The van der Waals surface area contributed by atoms with Gasteiger partial charge in [-0.05, 0) is 83.4 Å². The van der Waals surface area contributed by atoms with Crippen LogP contribution in [0.15, 0.2) is 44.4 Å². The minimum absolute atomic E-state index is 0.0141. The van der Waals surface area contributed by atoms with E-state index in [0.717, 1.165) is 47.2 Å². The number of fused-ring (bicyclic) bond motifs is 1. The lowest BCUT2D eigenvalue weighted by molar-refractivity contribution is -0.214. The summed E-state index contributed by atoms with van der Waals surface area (Å²) >= 11 is 1.07. The van der Waals surface area contributed by atoms with E-state index in [1.54, 1.807) is 26.0 Å². The van der Waals surface area contributed by atoms with E-state index in [0.29, 0.717) is 24.6 Å². The third kappa shape index (κ3) is 7.90. The molecule has 1 aliphatic carbocycles. The van der Waals surface area contributed by atoms with Crippen LogP contribution < -0.4 is 27.3 Å². The molecule has 256 valence electrons. The number of rotatable bonds is 16. The maximum absolute atomic E-state index is 13.5. The van der Waals surface area contributed by atoms with Gasteiger partial charge in [0.05, 0.1) is 5.54 Å². The Morgan fingerprint density at radius 1 is 1.34 bits per heavy atom. The van der Waals surface area contributed by atoms with Crippen molar-refractivity contribution in [3.05, 3.63) is 40.4 Å². The van der Waals surface area contributed by atoms with E-state index in [1.165, 1.54) is 12.3 Å². The monoisotopic (exact) mass is 692 g/mol. The number of ether oxygens (including phenoxy) is 1. The van der Waals surface area contributed by atoms with Crippen molar-refractivity contribution in [1.29, 1.82) is 0 Å². The van der Waals surface area contributed by atoms with Crippen molar-refractivity contribution in [2.24, 2.45) is 32.3 Å². The minimum atomic E-state index is -2.06. The van der Waals surface area contributed by atoms with Gasteiger partial charge >= 0.3 is 5.97 Å². The van der Waals surface area contributed by atoms with Gasteiger partial charge in [-0.2, -0.15) is 9.35 Å². The molecule has 16 nitrogen and oxygen atoms in total. The van der Waals surface area contributed by atoms with Crippen molar-refractivity contribution in [1.82, 2.24) is 10.4 Å². The zero-order valence-electron chi connectivity index (χ0n) is 26.3. The first-order valence-corrected chi connectivity index (χ1v) is 16.5. The van der Waals surface area contributed by atoms with Crippen LogP contribution in [0, 0.1) is 0 Å². The smallest absolute Gasteiger partial charge is 0.354 e. The SMILES string of the molecule is C=NC(=C\SCN)/C(=N/OC(C)(C(=O)O)C1CCc2cc(C(N)=NCCC3(N)CC3)ccc2O1)C(=O)NC1C(=O)N(OSO)C1(C)C. The van der Waals surface area contributed by atoms with E-state index in [1.807, 2.05) is 6.07 Å². The van der Waals surface area contributed by atoms with Crippen LogP contribution >= 0.6 is 24.1 Å². The number of carboxylic acid groups (broad SMARTS) is 1. The van der Waals surface area contributed by atoms with E-state index in [-0.39, 0.29) is 35.9 Å². The number of carbonyl (C=O) groups excluding carboxylic acids is 2. The number of aliphatic imine (C=N–C) groups is 2. The molecule has 9 N–H and O–H groups in total. The standard InChI is InChI=1S/C29H40N8O8S2/c1-27(2)22(25(39)37(27)45-47-42)35-24(38)21(18(33-4)14-46-15-30)36-44-28(3,26(40)41)20-8-6-16-13-17(5-7-19(16)43-20)23(31)34-12-11-29(32)9-10-29/h5,7,13-14,20,22,42H,4,6,8-12,15,30,32H2,1-3H3,(H2,31,34)(H,35,38)(H,40,41)/b18-14-,36-21-. The average molecular weight is 693 g/mol. The van der Waals surface area contributed by atoms with Crippen LogP contribution in [0.4, 0.5) is 0 Å². The van der Waals surface area contributed by atoms with Gasteiger partial charge in [-0.15, -0.1) is 11.8 Å². The number of nitrogens with two attached hydrogens (primary N) is 3. The van der Waals surface area contributed by atoms with Crippen LogP contribution in [0.5, 0.6) is 5.75 Å². The van der Waals surface area contributed by atoms with Crippen molar-refractivity contribution in [3.63, 3.8) is 0 Å². The number of carboxylic acids is 1. The summed E-state index contributed by atoms with van der Waals surface area (Å²) in [6.07, 6.45) is 2.41. The molecule has 47 heavy (non-hydrogen) atoms. The molecule has 0 spiro atoms. The topological polar surface area (TPSA) is 250 Å². The third-order valence-corrected chi connectivity index (χ3v) is 9.23. The summed E-state index contributed by atoms with van der Waals surface area (Å²) in [6, 6.07) is 4.21. The second kappa shape index (κ2) is 14.6. The summed E-state index contributed by atoms with van der Waals surface area (Å²) in [6.45, 7) is 8.49. The number of carbonyl (C=O) groups is 3. The number of hydrogen-bond acceptors (Lipinski definition) is 14. The maximum atomic E-state index is 13.5. The Labute approximate surface area is 280 Å². The molecule has 1 aromatic rings. The van der Waals surface area contributed by atoms with Crippen molar-refractivity contribution in [3.8, 4) is 5.75 Å². The molecular weight excluding hydrogens is 653 g/mol. The molecule has 0 bridgehead atoms. The molecule has 1 saturated heterocycles. The van der Waals surface area contributed by atoms with Crippen molar-refractivity contribution < 1.29 is 37.9 Å². The number of oxime groups is 1. The number of nitrogens with zero attached hydrogens (tertiary/aromatic N) is 4. The van der Waals surface area contributed by atoms with Crippen LogP contribution in [0.25, 0.3) is 0 Å². The number of aryl methyl sites for hydroxylation is 1. The first-order valence-electron chi connectivity index (χ1n) is 14.7. The molecule has 2 fully saturated rings. The van der Waals surface area contributed by atoms with Crippen LogP contribution in [0.3, 0.4) is 0 Å². The summed E-state index contributed by atoms with van der Waals surface area (Å²) in [5, 5.41) is 19.1. The minimum Gasteiger partial charge on any atom is -0.485 e. The molecule has 3 atom stereocenters. The number of aliphatic carboxylic acids is 1. The number of hydroxylamine groups is 2. The number of thioether (sulfide) groups is 1. The Bertz CT molecular complexity index is 1500. The lowest BCUT2D eigenvalue weighted by Gasteiger charge is -2.50. The molecule has 2 amide bonds. The number of benzene rings is 1. The molecule has 2 heterocycles. The van der Waals surface area contributed by atoms with E-state index in [9.17, 15) is 19.5 Å². The van der Waals surface area contributed by atoms with Gasteiger partial charge in [0.15, 0.2) is 24.1 Å². The van der Waals surface area contributed by atoms with E-state index in [2.05, 4.69) is 27.2 Å². The third-order valence-electron chi connectivity index (χ3n) is 8.43. The quantitative estimate of drug-likeness (QED) is 0.0360. The first-order chi connectivity index (χ1) is 22.2. The highest BCUT2D eigenvalue weighted by Crippen LogP contribution is 2.37. The van der Waals surface area contributed by atoms with Crippen molar-refractivity contribution in [2.75, 3.05) is 12.4 Å². The molecule has 0 aromatic heterocycles. The zero-order valence-corrected chi connectivity index (χ0v) is 27.9. The summed E-state index contributed by atoms with van der Waals surface area (Å²) in [4.78, 5) is 52.6. The maximum Gasteiger partial charge on any atom is 0.354 e. The molecular formula is C29H40N8O8S2. The lowest BCUT2D eigenvalue weighted by Crippen LogP contribution is -2.76. The van der Waals surface area contributed by atoms with Crippen LogP contribution in [0.2, 0.25) is 0 Å². The predicted molar refractivity (Wildman–Crippen MR) is 179 cm³/mol. The summed E-state index contributed by atoms with van der Waals surface area (Å²) in [7, 11) is 0. The fraction of sp³-hybridized carbons (Fsp3) is 0.517. The molecule has 1 saturated carbocycles. The van der Waals surface area contributed by atoms with Gasteiger partial charge in [-0.25, -0.2) is 4.79 Å². The van der Waals surface area contributed by atoms with Gasteiger partial charge in [0.25, 0.3) is 17.4 Å². The Morgan fingerprint density at radius 2 is 2.06 bits per heavy atom. The number of hydrogen-bond donors (Lipinski definition) is 6. The van der Waals surface area contributed by atoms with Gasteiger partial charge in [0.2, 0.25) is 0 Å². The Kier molecular flexibility index (Phi) is 11.2. The van der Waals surface area contributed by atoms with Crippen molar-refractivity contribution in [2.45, 2.75) is 81.7 Å². The van der Waals surface area contributed by atoms with Gasteiger partial charge in [0.1, 0.15) is 23.3 Å². The van der Waals surface area contributed by atoms with Crippen molar-refractivity contribution >= 4 is 60.1 Å². The second-order valence-corrected chi connectivity index (χ2v) is 13.3. The molecule has 3 aliphatic rings. The number of β-lactam (4-membered cyclic amide) rings is 1. The molecule has 1 aromatic carbocycles. The van der Waals surface area contributed by atoms with Gasteiger partial charge < -0.3 is 41.8 Å². The summed E-state index contributed by atoms with van der Waals surface area (Å²) < 4.78 is 20.0. The zero-order chi connectivity index (χ0) is 34.6. The highest BCUT2D eigenvalue weighted by molar-refractivity contribution is 8.02. The van der Waals surface area contributed by atoms with E-state index < -0.39 is 46.8 Å². The fourth-order valence-electron chi connectivity index (χ4n) is 5.07. The lowest BCUT2D eigenvalue weighted by atomic mass is 9.84. The Balaban J connectivity index is 1.54. The van der Waals surface area contributed by atoms with Gasteiger partial charge in [-0.3, -0.25) is 19.6 Å². The normalized spacial score (nSPS) is 23.1. The van der Waals surface area contributed by atoms with Crippen LogP contribution in [-0.4, -0.2) is 92.0 Å². The number of amidine groups is 1. The molecule has 0 radical (unpaired) electrons. The fourth-order valence-corrected chi connectivity index (χ4v) is 5.84. The predicted octanol–water partition coefficient (Wildman–Crippen LogP) is 1.53. The summed E-state index contributed by atoms with van der Waals surface area (Å²) in [5.41, 5.74) is 15.7. The highest BCUT2D eigenvalue weighted by atomic mass is 32.2. The number of amides is 2. The molecule has 4 rings (SSSR count). The number of nitrogens with one attached hydrogen (secondary N) is 1. The van der Waals surface area contributed by atoms with Crippen LogP contribution in [0.1, 0.15) is 57.6 Å². The van der Waals surface area contributed by atoms with E-state index >= 15 is 0 Å². The van der Waals surface area contributed by atoms with E-state index in [4.69, 9.17) is 35.6 Å². The summed E-state index contributed by atoms with van der Waals surface area (Å²) in [5.74, 6) is -1.98. The molecule has 3 unspecified atom stereocenters. The first kappa shape index (κ1) is 36.2. The molecule has 18 heteroatoms. The largest absolute Gasteiger partial charge is 0.485 e. The van der Waals surface area contributed by atoms with Gasteiger partial charge in [-0.1, -0.05) is 5.16 Å². The Hall–Kier alpha value is -3.68. The molecule has 2 aliphatic heterocycles. The van der Waals surface area contributed by atoms with Gasteiger partial charge in [0, 0.05) is 28.9 Å². The average Bonchev–Trinajstić information content (AvgIpc) is 3.79. The van der Waals surface area contributed by atoms with Crippen LogP contribution in [-0.2, 0) is 29.9 Å². The second-order valence-electron chi connectivity index (χ2n) is 12.1. The highest BCUT2D eigenvalue weighted by Gasteiger charge is 2.57.